The molecule has 1 aromatic carbocycles. The van der Waals surface area contributed by atoms with Crippen LogP contribution in [0.2, 0.25) is 0 Å². The van der Waals surface area contributed by atoms with Crippen LogP contribution in [-0.2, 0) is 9.73 Å². The molecule has 0 aliphatic rings. The van der Waals surface area contributed by atoms with E-state index in [4.69, 9.17) is 0 Å². The Balaban J connectivity index is 3.31. The van der Waals surface area contributed by atoms with Gasteiger partial charge in [0.1, 0.15) is 5.82 Å². The number of halogens is 1. The third kappa shape index (κ3) is 1.82. The van der Waals surface area contributed by atoms with Crippen LogP contribution >= 0.6 is 0 Å². The van der Waals surface area contributed by atoms with Crippen LogP contribution in [0.25, 0.3) is 0 Å². The van der Waals surface area contributed by atoms with E-state index in [1.165, 1.54) is 31.5 Å². The number of hydrogen-bond donors (Lipinski definition) is 0. The molecule has 0 saturated carbocycles. The fourth-order valence-electron chi connectivity index (χ4n) is 0.808. The van der Waals surface area contributed by atoms with Gasteiger partial charge in [-0.25, -0.2) is 13.0 Å². The zero-order chi connectivity index (χ0) is 9.19. The smallest absolute Gasteiger partial charge is 0.124 e. The Morgan fingerprint density at radius 3 is 2.67 bits per heavy atom. The quantitative estimate of drug-likeness (QED) is 0.660. The molecule has 0 aromatic heterocycles. The van der Waals surface area contributed by atoms with E-state index in [-0.39, 0.29) is 5.82 Å². The fourth-order valence-corrected chi connectivity index (χ4v) is 1.68. The highest BCUT2D eigenvalue weighted by Gasteiger charge is 2.04. The lowest BCUT2D eigenvalue weighted by Crippen LogP contribution is -1.96. The van der Waals surface area contributed by atoms with Gasteiger partial charge in [-0.3, -0.25) is 0 Å². The van der Waals surface area contributed by atoms with Gasteiger partial charge in [-0.15, -0.1) is 0 Å². The Bertz CT molecular complexity index is 394. The molecule has 0 unspecified atom stereocenters. The molecule has 4 heteroatoms. The third-order valence-electron chi connectivity index (χ3n) is 1.58. The van der Waals surface area contributed by atoms with E-state index < -0.39 is 9.73 Å². The Hall–Kier alpha value is -0.900. The van der Waals surface area contributed by atoms with Gasteiger partial charge in [0.2, 0.25) is 0 Å². The summed E-state index contributed by atoms with van der Waals surface area (Å²) < 4.78 is 27.9. The van der Waals surface area contributed by atoms with Crippen LogP contribution in [-0.4, -0.2) is 17.5 Å². The van der Waals surface area contributed by atoms with Gasteiger partial charge in [-0.1, -0.05) is 6.07 Å². The Morgan fingerprint density at radius 2 is 2.17 bits per heavy atom. The standard InChI is InChI=1S/C8H10FNOS/c1-10-12(2,11)8-5-3-4-7(9)6-8/h3-6H,1-2H3/t12-/m1/s1. The average Bonchev–Trinajstić information content (AvgIpc) is 2.05. The highest BCUT2D eigenvalue weighted by atomic mass is 32.2. The predicted molar refractivity (Wildman–Crippen MR) is 47.1 cm³/mol. The minimum Gasteiger partial charge on any atom is -0.245 e. The molecule has 0 aliphatic heterocycles. The normalized spacial score (nSPS) is 15.2. The van der Waals surface area contributed by atoms with Gasteiger partial charge in [0.15, 0.2) is 0 Å². The molecule has 1 aromatic rings. The van der Waals surface area contributed by atoms with E-state index in [1.54, 1.807) is 6.07 Å². The van der Waals surface area contributed by atoms with Gasteiger partial charge in [-0.2, -0.15) is 0 Å². The summed E-state index contributed by atoms with van der Waals surface area (Å²) in [6.07, 6.45) is 1.49. The molecule has 0 spiro atoms. The summed E-state index contributed by atoms with van der Waals surface area (Å²) in [6.45, 7) is 0. The molecule has 0 amide bonds. The monoisotopic (exact) mass is 187 g/mol. The second-order valence-corrected chi connectivity index (χ2v) is 4.88. The van der Waals surface area contributed by atoms with E-state index >= 15 is 0 Å². The van der Waals surface area contributed by atoms with Crippen LogP contribution < -0.4 is 0 Å². The lowest BCUT2D eigenvalue weighted by Gasteiger charge is -2.01. The van der Waals surface area contributed by atoms with Crippen molar-refractivity contribution in [2.45, 2.75) is 4.90 Å². The Labute approximate surface area is 71.6 Å². The molecule has 1 atom stereocenters. The van der Waals surface area contributed by atoms with E-state index in [2.05, 4.69) is 4.36 Å². The van der Waals surface area contributed by atoms with Crippen molar-refractivity contribution in [2.75, 3.05) is 13.3 Å². The topological polar surface area (TPSA) is 29.4 Å². The molecule has 0 saturated heterocycles. The van der Waals surface area contributed by atoms with E-state index in [0.29, 0.717) is 4.90 Å². The minimum atomic E-state index is -2.39. The summed E-state index contributed by atoms with van der Waals surface area (Å²) in [5.41, 5.74) is 0. The Morgan fingerprint density at radius 1 is 1.50 bits per heavy atom. The molecule has 66 valence electrons. The number of benzene rings is 1. The second kappa shape index (κ2) is 3.23. The summed E-state index contributed by atoms with van der Waals surface area (Å²) in [7, 11) is -0.920. The summed E-state index contributed by atoms with van der Waals surface area (Å²) in [5.74, 6) is -0.384. The van der Waals surface area contributed by atoms with Gasteiger partial charge >= 0.3 is 0 Å². The first-order chi connectivity index (χ1) is 5.56. The van der Waals surface area contributed by atoms with E-state index in [9.17, 15) is 8.60 Å². The van der Waals surface area contributed by atoms with Crippen LogP contribution in [0, 0.1) is 5.82 Å². The maximum Gasteiger partial charge on any atom is 0.124 e. The van der Waals surface area contributed by atoms with Gasteiger partial charge in [0.05, 0.1) is 14.6 Å². The first-order valence-electron chi connectivity index (χ1n) is 3.42. The van der Waals surface area contributed by atoms with Gasteiger partial charge < -0.3 is 0 Å². The van der Waals surface area contributed by atoms with Crippen molar-refractivity contribution in [2.24, 2.45) is 4.36 Å². The average molecular weight is 187 g/mol. The Kier molecular flexibility index (Phi) is 2.47. The van der Waals surface area contributed by atoms with Crippen molar-refractivity contribution < 1.29 is 8.60 Å². The lowest BCUT2D eigenvalue weighted by atomic mass is 10.4. The number of hydrogen-bond acceptors (Lipinski definition) is 2. The minimum absolute atomic E-state index is 0.384. The molecule has 1 rings (SSSR count). The zero-order valence-corrected chi connectivity index (χ0v) is 7.77. The van der Waals surface area contributed by atoms with Gasteiger partial charge in [-0.05, 0) is 18.2 Å². The van der Waals surface area contributed by atoms with Crippen molar-refractivity contribution in [3.63, 3.8) is 0 Å². The summed E-state index contributed by atoms with van der Waals surface area (Å²) >= 11 is 0. The van der Waals surface area contributed by atoms with Crippen molar-refractivity contribution in [3.8, 4) is 0 Å². The van der Waals surface area contributed by atoms with Crippen molar-refractivity contribution in [1.29, 1.82) is 0 Å². The molecule has 0 radical (unpaired) electrons. The second-order valence-electron chi connectivity index (χ2n) is 2.44. The van der Waals surface area contributed by atoms with Crippen LogP contribution in [0.4, 0.5) is 4.39 Å². The van der Waals surface area contributed by atoms with Crippen LogP contribution in [0.3, 0.4) is 0 Å². The van der Waals surface area contributed by atoms with E-state index in [0.717, 1.165) is 0 Å². The van der Waals surface area contributed by atoms with Crippen molar-refractivity contribution in [1.82, 2.24) is 0 Å². The van der Waals surface area contributed by atoms with Crippen molar-refractivity contribution >= 4 is 9.73 Å². The first-order valence-corrected chi connectivity index (χ1v) is 5.34. The molecular weight excluding hydrogens is 177 g/mol. The highest BCUT2D eigenvalue weighted by molar-refractivity contribution is 7.93. The fraction of sp³-hybridized carbons (Fsp3) is 0.250. The zero-order valence-electron chi connectivity index (χ0n) is 6.95. The van der Waals surface area contributed by atoms with Gasteiger partial charge in [0.25, 0.3) is 0 Å². The maximum atomic E-state index is 12.7. The molecule has 0 aliphatic carbocycles. The summed E-state index contributed by atoms with van der Waals surface area (Å²) in [4.78, 5) is 0.435. The maximum absolute atomic E-state index is 12.7. The largest absolute Gasteiger partial charge is 0.245 e. The van der Waals surface area contributed by atoms with Crippen LogP contribution in [0.5, 0.6) is 0 Å². The van der Waals surface area contributed by atoms with Gasteiger partial charge in [0, 0.05) is 13.3 Å². The molecule has 0 N–H and O–H groups in total. The molecule has 0 fully saturated rings. The van der Waals surface area contributed by atoms with Crippen molar-refractivity contribution in [3.05, 3.63) is 30.1 Å². The predicted octanol–water partition coefficient (Wildman–Crippen LogP) is 1.91. The lowest BCUT2D eigenvalue weighted by molar-refractivity contribution is 0.622. The summed E-state index contributed by atoms with van der Waals surface area (Å²) in [5, 5.41) is 0. The van der Waals surface area contributed by atoms with Crippen LogP contribution in [0.1, 0.15) is 0 Å². The van der Waals surface area contributed by atoms with E-state index in [1.807, 2.05) is 0 Å². The molecule has 12 heavy (non-hydrogen) atoms. The summed E-state index contributed by atoms with van der Waals surface area (Å²) in [6, 6.07) is 5.70. The SMILES string of the molecule is CN=[S@](C)(=O)c1cccc(F)c1. The highest BCUT2D eigenvalue weighted by Crippen LogP contribution is 2.11. The number of nitrogens with zero attached hydrogens (tertiary/aromatic N) is 1. The molecule has 0 bridgehead atoms. The molecule has 2 nitrogen and oxygen atoms in total. The third-order valence-corrected chi connectivity index (χ3v) is 3.41. The molecule has 0 heterocycles. The van der Waals surface area contributed by atoms with Crippen LogP contribution in [0.15, 0.2) is 33.5 Å². The number of rotatable bonds is 1. The molecular formula is C8H10FNOS. The first kappa shape index (κ1) is 9.19.